The van der Waals surface area contributed by atoms with Crippen LogP contribution in [0.4, 0.5) is 0 Å². The van der Waals surface area contributed by atoms with E-state index in [1.165, 1.54) is 11.1 Å². The van der Waals surface area contributed by atoms with E-state index in [0.717, 1.165) is 54.8 Å². The van der Waals surface area contributed by atoms with E-state index in [1.54, 1.807) is 0 Å². The largest absolute Gasteiger partial charge is 0.493 e. The van der Waals surface area contributed by atoms with Crippen LogP contribution in [0.2, 0.25) is 0 Å². The third-order valence-electron chi connectivity index (χ3n) is 5.92. The van der Waals surface area contributed by atoms with Crippen LogP contribution in [0.1, 0.15) is 50.1 Å². The Morgan fingerprint density at radius 3 is 2.48 bits per heavy atom. The number of rotatable bonds is 11. The molecule has 1 aromatic heterocycles. The zero-order chi connectivity index (χ0) is 22.2. The van der Waals surface area contributed by atoms with Gasteiger partial charge in [-0.3, -0.25) is 4.79 Å². The maximum Gasteiger partial charge on any atom is 0.223 e. The summed E-state index contributed by atoms with van der Waals surface area (Å²) in [5.74, 6) is 2.25. The number of ether oxygens (including phenoxy) is 1. The van der Waals surface area contributed by atoms with Crippen molar-refractivity contribution in [1.29, 1.82) is 0 Å². The van der Waals surface area contributed by atoms with Gasteiger partial charge in [-0.05, 0) is 56.4 Å². The van der Waals surface area contributed by atoms with Gasteiger partial charge in [0.15, 0.2) is 0 Å². The number of para-hydroxylation sites is 3. The predicted octanol–water partition coefficient (Wildman–Crippen LogP) is 5.22. The van der Waals surface area contributed by atoms with Crippen LogP contribution in [0.25, 0.3) is 11.0 Å². The molecule has 0 atom stereocenters. The first-order chi connectivity index (χ1) is 15.0. The molecule has 2 aromatic carbocycles. The zero-order valence-corrected chi connectivity index (χ0v) is 19.3. The first-order valence-corrected chi connectivity index (χ1v) is 11.5. The summed E-state index contributed by atoms with van der Waals surface area (Å²) < 4.78 is 8.36. The molecule has 0 aliphatic heterocycles. The molecule has 0 aliphatic rings. The van der Waals surface area contributed by atoms with E-state index in [4.69, 9.17) is 9.72 Å². The van der Waals surface area contributed by atoms with Crippen LogP contribution in [0, 0.1) is 19.8 Å². The topological polar surface area (TPSA) is 56.2 Å². The molecule has 0 fully saturated rings. The van der Waals surface area contributed by atoms with Gasteiger partial charge in [0.1, 0.15) is 11.6 Å². The number of benzene rings is 2. The normalized spacial score (nSPS) is 11.3. The summed E-state index contributed by atoms with van der Waals surface area (Å²) in [4.78, 5) is 17.1. The number of amides is 1. The molecule has 0 bridgehead atoms. The minimum atomic E-state index is 0.0980. The molecule has 0 saturated carbocycles. The Morgan fingerprint density at radius 1 is 1.06 bits per heavy atom. The van der Waals surface area contributed by atoms with Gasteiger partial charge in [-0.1, -0.05) is 44.2 Å². The van der Waals surface area contributed by atoms with Gasteiger partial charge < -0.3 is 14.6 Å². The fourth-order valence-electron chi connectivity index (χ4n) is 4.09. The van der Waals surface area contributed by atoms with Crippen molar-refractivity contribution >= 4 is 16.9 Å². The van der Waals surface area contributed by atoms with E-state index in [1.807, 2.05) is 18.2 Å². The van der Waals surface area contributed by atoms with Crippen LogP contribution in [-0.4, -0.2) is 28.6 Å². The van der Waals surface area contributed by atoms with Crippen LogP contribution in [0.3, 0.4) is 0 Å². The Labute approximate surface area is 185 Å². The molecular weight excluding hydrogens is 386 g/mol. The van der Waals surface area contributed by atoms with Crippen LogP contribution in [0.5, 0.6) is 5.75 Å². The lowest BCUT2D eigenvalue weighted by Crippen LogP contribution is -2.32. The van der Waals surface area contributed by atoms with Crippen LogP contribution < -0.4 is 10.1 Å². The van der Waals surface area contributed by atoms with Gasteiger partial charge in [-0.15, -0.1) is 0 Å². The average Bonchev–Trinajstić information content (AvgIpc) is 3.11. The number of hydrogen-bond acceptors (Lipinski definition) is 3. The van der Waals surface area contributed by atoms with E-state index in [2.05, 4.69) is 61.8 Å². The number of fused-ring (bicyclic) bond motifs is 1. The fraction of sp³-hybridized carbons (Fsp3) is 0.462. The van der Waals surface area contributed by atoms with Gasteiger partial charge >= 0.3 is 0 Å². The molecular formula is C26H35N3O2. The van der Waals surface area contributed by atoms with Gasteiger partial charge in [0.05, 0.1) is 17.6 Å². The molecule has 31 heavy (non-hydrogen) atoms. The van der Waals surface area contributed by atoms with Crippen molar-refractivity contribution in [2.24, 2.45) is 5.92 Å². The standard InChI is InChI=1S/C26H35N3O2/c1-5-21(6-2)26(30)27-16-15-24-28-22-13-7-8-14-23(22)29(24)17-10-18-31-25-19(3)11-9-12-20(25)4/h7-9,11-14,21H,5-6,10,15-18H2,1-4H3,(H,27,30). The van der Waals surface area contributed by atoms with Gasteiger partial charge in [0.2, 0.25) is 5.91 Å². The summed E-state index contributed by atoms with van der Waals surface area (Å²) in [5, 5.41) is 3.09. The first-order valence-electron chi connectivity index (χ1n) is 11.5. The van der Waals surface area contributed by atoms with Crippen molar-refractivity contribution in [3.63, 3.8) is 0 Å². The van der Waals surface area contributed by atoms with Crippen molar-refractivity contribution in [2.75, 3.05) is 13.2 Å². The lowest BCUT2D eigenvalue weighted by molar-refractivity contribution is -0.125. The van der Waals surface area contributed by atoms with Gasteiger partial charge in [0.25, 0.3) is 0 Å². The predicted molar refractivity (Wildman–Crippen MR) is 127 cm³/mol. The molecule has 0 spiro atoms. The van der Waals surface area contributed by atoms with Crippen LogP contribution in [0.15, 0.2) is 42.5 Å². The smallest absolute Gasteiger partial charge is 0.223 e. The van der Waals surface area contributed by atoms with Crippen LogP contribution in [-0.2, 0) is 17.8 Å². The van der Waals surface area contributed by atoms with E-state index in [-0.39, 0.29) is 11.8 Å². The molecule has 5 nitrogen and oxygen atoms in total. The van der Waals surface area contributed by atoms with Crippen molar-refractivity contribution < 1.29 is 9.53 Å². The lowest BCUT2D eigenvalue weighted by Gasteiger charge is -2.14. The SMILES string of the molecule is CCC(CC)C(=O)NCCc1nc2ccccc2n1CCCOc1c(C)cccc1C. The molecule has 166 valence electrons. The highest BCUT2D eigenvalue weighted by Crippen LogP contribution is 2.23. The Balaban J connectivity index is 1.63. The fourth-order valence-corrected chi connectivity index (χ4v) is 4.09. The lowest BCUT2D eigenvalue weighted by atomic mass is 10.0. The number of carbonyl (C=O) groups is 1. The Hall–Kier alpha value is -2.82. The molecule has 1 N–H and O–H groups in total. The molecule has 5 heteroatoms. The molecule has 0 saturated heterocycles. The zero-order valence-electron chi connectivity index (χ0n) is 19.3. The minimum Gasteiger partial charge on any atom is -0.493 e. The number of nitrogens with zero attached hydrogens (tertiary/aromatic N) is 2. The molecule has 0 aliphatic carbocycles. The number of aryl methyl sites for hydroxylation is 3. The average molecular weight is 422 g/mol. The van der Waals surface area contributed by atoms with Crippen molar-refractivity contribution in [1.82, 2.24) is 14.9 Å². The summed E-state index contributed by atoms with van der Waals surface area (Å²) in [6, 6.07) is 14.4. The summed E-state index contributed by atoms with van der Waals surface area (Å²) in [7, 11) is 0. The number of hydrogen-bond donors (Lipinski definition) is 1. The van der Waals surface area contributed by atoms with E-state index in [0.29, 0.717) is 13.2 Å². The maximum atomic E-state index is 12.3. The number of nitrogens with one attached hydrogen (secondary N) is 1. The molecule has 1 heterocycles. The third-order valence-corrected chi connectivity index (χ3v) is 5.92. The highest BCUT2D eigenvalue weighted by Gasteiger charge is 2.15. The van der Waals surface area contributed by atoms with E-state index in [9.17, 15) is 4.79 Å². The summed E-state index contributed by atoms with van der Waals surface area (Å²) >= 11 is 0. The molecule has 0 unspecified atom stereocenters. The summed E-state index contributed by atoms with van der Waals surface area (Å²) in [6.45, 7) is 10.4. The van der Waals surface area contributed by atoms with Crippen molar-refractivity contribution in [3.8, 4) is 5.75 Å². The summed E-state index contributed by atoms with van der Waals surface area (Å²) in [5.41, 5.74) is 4.47. The first kappa shape index (κ1) is 22.9. The van der Waals surface area contributed by atoms with Crippen molar-refractivity contribution in [2.45, 2.75) is 59.9 Å². The second-order valence-electron chi connectivity index (χ2n) is 8.15. The monoisotopic (exact) mass is 421 g/mol. The molecule has 0 radical (unpaired) electrons. The molecule has 3 rings (SSSR count). The highest BCUT2D eigenvalue weighted by atomic mass is 16.5. The highest BCUT2D eigenvalue weighted by molar-refractivity contribution is 5.78. The molecule has 3 aromatic rings. The Morgan fingerprint density at radius 2 is 1.77 bits per heavy atom. The second kappa shape index (κ2) is 11.0. The van der Waals surface area contributed by atoms with Crippen LogP contribution >= 0.6 is 0 Å². The van der Waals surface area contributed by atoms with E-state index < -0.39 is 0 Å². The minimum absolute atomic E-state index is 0.0980. The van der Waals surface area contributed by atoms with Gasteiger partial charge in [-0.25, -0.2) is 4.98 Å². The number of carbonyl (C=O) groups excluding carboxylic acids is 1. The quantitative estimate of drug-likeness (QED) is 0.432. The van der Waals surface area contributed by atoms with Gasteiger partial charge in [0, 0.05) is 25.4 Å². The Kier molecular flexibility index (Phi) is 8.10. The number of imidazole rings is 1. The van der Waals surface area contributed by atoms with Gasteiger partial charge in [-0.2, -0.15) is 0 Å². The Bertz CT molecular complexity index is 985. The summed E-state index contributed by atoms with van der Waals surface area (Å²) in [6.07, 6.45) is 3.36. The maximum absolute atomic E-state index is 12.3. The third kappa shape index (κ3) is 5.66. The van der Waals surface area contributed by atoms with Crippen molar-refractivity contribution in [3.05, 3.63) is 59.4 Å². The number of aromatic nitrogens is 2. The van der Waals surface area contributed by atoms with E-state index >= 15 is 0 Å². The molecule has 1 amide bonds. The second-order valence-corrected chi connectivity index (χ2v) is 8.15.